The Morgan fingerprint density at radius 1 is 1.33 bits per heavy atom. The van der Waals surface area contributed by atoms with Crippen molar-refractivity contribution >= 4 is 0 Å². The van der Waals surface area contributed by atoms with E-state index in [1.165, 1.54) is 6.07 Å². The minimum Gasteiger partial charge on any atom is -0.402 e. The maximum atomic E-state index is 12.5. The molecule has 0 saturated carbocycles. The molecule has 0 aromatic heterocycles. The lowest BCUT2D eigenvalue weighted by Crippen LogP contribution is -2.17. The zero-order valence-electron chi connectivity index (χ0n) is 5.65. The van der Waals surface area contributed by atoms with Crippen molar-refractivity contribution < 1.29 is 22.3 Å². The SMILES string of the molecule is Fc1ccc[c]c1OC(F)(F)F. The highest BCUT2D eigenvalue weighted by molar-refractivity contribution is 5.22. The molecule has 0 aliphatic heterocycles. The first kappa shape index (κ1) is 8.83. The molecule has 0 bridgehead atoms. The molecule has 0 amide bonds. The van der Waals surface area contributed by atoms with Gasteiger partial charge in [0.15, 0.2) is 11.6 Å². The number of alkyl halides is 3. The van der Waals surface area contributed by atoms with Crippen LogP contribution in [0.2, 0.25) is 0 Å². The van der Waals surface area contributed by atoms with Crippen molar-refractivity contribution in [1.82, 2.24) is 0 Å². The van der Waals surface area contributed by atoms with Crippen LogP contribution in [-0.4, -0.2) is 6.36 Å². The van der Waals surface area contributed by atoms with Crippen molar-refractivity contribution in [2.24, 2.45) is 0 Å². The van der Waals surface area contributed by atoms with Crippen molar-refractivity contribution in [3.8, 4) is 5.75 Å². The molecule has 0 saturated heterocycles. The van der Waals surface area contributed by atoms with E-state index in [0.717, 1.165) is 12.1 Å². The van der Waals surface area contributed by atoms with Gasteiger partial charge in [-0.15, -0.1) is 13.2 Å². The van der Waals surface area contributed by atoms with Crippen molar-refractivity contribution in [1.29, 1.82) is 0 Å². The summed E-state index contributed by atoms with van der Waals surface area (Å²) in [5.74, 6) is -2.03. The molecule has 0 aliphatic rings. The summed E-state index contributed by atoms with van der Waals surface area (Å²) in [5.41, 5.74) is 0. The van der Waals surface area contributed by atoms with E-state index in [-0.39, 0.29) is 0 Å². The second-order valence-corrected chi connectivity index (χ2v) is 1.89. The molecule has 1 rings (SSSR count). The Morgan fingerprint density at radius 2 is 2.00 bits per heavy atom. The number of rotatable bonds is 1. The first-order chi connectivity index (χ1) is 5.49. The normalized spacial score (nSPS) is 11.3. The van der Waals surface area contributed by atoms with Gasteiger partial charge in [-0.25, -0.2) is 4.39 Å². The van der Waals surface area contributed by atoms with E-state index in [9.17, 15) is 17.6 Å². The zero-order valence-corrected chi connectivity index (χ0v) is 5.65. The van der Waals surface area contributed by atoms with Crippen LogP contribution in [0, 0.1) is 11.9 Å². The number of para-hydroxylation sites is 1. The van der Waals surface area contributed by atoms with Gasteiger partial charge in [-0.2, -0.15) is 0 Å². The molecule has 5 heteroatoms. The fourth-order valence-corrected chi connectivity index (χ4v) is 0.595. The van der Waals surface area contributed by atoms with Crippen LogP contribution in [0.1, 0.15) is 0 Å². The van der Waals surface area contributed by atoms with Crippen LogP contribution in [0.25, 0.3) is 0 Å². The number of halogens is 4. The molecule has 0 aliphatic carbocycles. The largest absolute Gasteiger partial charge is 0.573 e. The van der Waals surface area contributed by atoms with Crippen LogP contribution in [0.15, 0.2) is 18.2 Å². The molecule has 1 aromatic carbocycles. The van der Waals surface area contributed by atoms with Gasteiger partial charge in [0.1, 0.15) is 0 Å². The smallest absolute Gasteiger partial charge is 0.402 e. The van der Waals surface area contributed by atoms with Gasteiger partial charge in [0.2, 0.25) is 0 Å². The van der Waals surface area contributed by atoms with Gasteiger partial charge in [-0.05, 0) is 6.07 Å². The molecule has 0 fully saturated rings. The summed E-state index contributed by atoms with van der Waals surface area (Å²) >= 11 is 0. The first-order valence-electron chi connectivity index (χ1n) is 2.91. The quantitative estimate of drug-likeness (QED) is 0.602. The third-order valence-corrected chi connectivity index (χ3v) is 0.988. The fraction of sp³-hybridized carbons (Fsp3) is 0.143. The Morgan fingerprint density at radius 3 is 2.50 bits per heavy atom. The highest BCUT2D eigenvalue weighted by atomic mass is 19.4. The molecule has 1 radical (unpaired) electrons. The third kappa shape index (κ3) is 2.41. The van der Waals surface area contributed by atoms with Crippen molar-refractivity contribution in [2.45, 2.75) is 6.36 Å². The van der Waals surface area contributed by atoms with Gasteiger partial charge in [-0.3, -0.25) is 0 Å². The molecule has 65 valence electrons. The topological polar surface area (TPSA) is 9.23 Å². The highest BCUT2D eigenvalue weighted by Gasteiger charge is 2.32. The molecular weight excluding hydrogens is 176 g/mol. The minimum atomic E-state index is -4.88. The van der Waals surface area contributed by atoms with Gasteiger partial charge in [-0.1, -0.05) is 12.1 Å². The molecule has 0 spiro atoms. The lowest BCUT2D eigenvalue weighted by atomic mass is 10.3. The van der Waals surface area contributed by atoms with Gasteiger partial charge in [0, 0.05) is 6.07 Å². The van der Waals surface area contributed by atoms with E-state index < -0.39 is 17.9 Å². The van der Waals surface area contributed by atoms with Crippen molar-refractivity contribution in [3.63, 3.8) is 0 Å². The van der Waals surface area contributed by atoms with Crippen LogP contribution in [0.3, 0.4) is 0 Å². The van der Waals surface area contributed by atoms with Crippen LogP contribution < -0.4 is 4.74 Å². The number of hydrogen-bond donors (Lipinski definition) is 0. The van der Waals surface area contributed by atoms with E-state index in [1.807, 2.05) is 6.07 Å². The highest BCUT2D eigenvalue weighted by Crippen LogP contribution is 2.24. The predicted octanol–water partition coefficient (Wildman–Crippen LogP) is 2.52. The van der Waals surface area contributed by atoms with Crippen LogP contribution in [-0.2, 0) is 0 Å². The second kappa shape index (κ2) is 3.00. The zero-order chi connectivity index (χ0) is 9.19. The van der Waals surface area contributed by atoms with Crippen molar-refractivity contribution in [3.05, 3.63) is 30.1 Å². The summed E-state index contributed by atoms with van der Waals surface area (Å²) in [5, 5.41) is 0. The summed E-state index contributed by atoms with van der Waals surface area (Å²) in [4.78, 5) is 0. The Hall–Kier alpha value is -1.26. The molecule has 12 heavy (non-hydrogen) atoms. The molecule has 1 aromatic rings. The molecule has 0 N–H and O–H groups in total. The molecular formula is C7H3F4O. The van der Waals surface area contributed by atoms with Crippen LogP contribution in [0.4, 0.5) is 17.6 Å². The Balaban J connectivity index is 2.83. The average molecular weight is 179 g/mol. The van der Waals surface area contributed by atoms with E-state index in [0.29, 0.717) is 0 Å². The number of ether oxygens (including phenoxy) is 1. The van der Waals surface area contributed by atoms with Crippen LogP contribution in [0.5, 0.6) is 5.75 Å². The molecule has 0 atom stereocenters. The maximum Gasteiger partial charge on any atom is 0.573 e. The summed E-state index contributed by atoms with van der Waals surface area (Å²) in [7, 11) is 0. The second-order valence-electron chi connectivity index (χ2n) is 1.89. The number of benzene rings is 1. The molecule has 0 unspecified atom stereocenters. The lowest BCUT2D eigenvalue weighted by Gasteiger charge is -2.08. The Labute approximate surface area is 65.6 Å². The fourth-order valence-electron chi connectivity index (χ4n) is 0.595. The van der Waals surface area contributed by atoms with Gasteiger partial charge < -0.3 is 4.74 Å². The van der Waals surface area contributed by atoms with Crippen LogP contribution >= 0.6 is 0 Å². The summed E-state index contributed by atoms with van der Waals surface area (Å²) in [6, 6.07) is 5.18. The number of hydrogen-bond acceptors (Lipinski definition) is 1. The summed E-state index contributed by atoms with van der Waals surface area (Å²) in [6.07, 6.45) is -4.88. The van der Waals surface area contributed by atoms with E-state index in [2.05, 4.69) is 4.74 Å². The summed E-state index contributed by atoms with van der Waals surface area (Å²) in [6.45, 7) is 0. The summed E-state index contributed by atoms with van der Waals surface area (Å²) < 4.78 is 50.3. The third-order valence-electron chi connectivity index (χ3n) is 0.988. The van der Waals surface area contributed by atoms with Gasteiger partial charge in [0.05, 0.1) is 0 Å². The Bertz CT molecular complexity index is 268. The van der Waals surface area contributed by atoms with E-state index in [1.54, 1.807) is 0 Å². The van der Waals surface area contributed by atoms with E-state index in [4.69, 9.17) is 0 Å². The monoisotopic (exact) mass is 179 g/mol. The van der Waals surface area contributed by atoms with Crippen molar-refractivity contribution in [2.75, 3.05) is 0 Å². The van der Waals surface area contributed by atoms with Gasteiger partial charge in [0.25, 0.3) is 0 Å². The standard InChI is InChI=1S/C7H3F4O/c8-5-3-1-2-4-6(5)12-7(9,10)11/h1-3H. The predicted molar refractivity (Wildman–Crippen MR) is 31.9 cm³/mol. The minimum absolute atomic E-state index is 0.859. The average Bonchev–Trinajstić information content (AvgIpc) is 1.91. The maximum absolute atomic E-state index is 12.5. The van der Waals surface area contributed by atoms with Gasteiger partial charge >= 0.3 is 6.36 Å². The Kier molecular flexibility index (Phi) is 2.21. The molecule has 0 heterocycles. The lowest BCUT2D eigenvalue weighted by molar-refractivity contribution is -0.275. The first-order valence-corrected chi connectivity index (χ1v) is 2.91. The molecule has 1 nitrogen and oxygen atoms in total. The van der Waals surface area contributed by atoms with E-state index >= 15 is 0 Å².